The standard InChI is InChI=1S/C13H15N3O4S/c1-20-12-5-4-10(9-17)7-13(12)21(18,19)15-8-11-3-2-6-14-16-11/h2-7,15,17H,8-9H2,1H3. The first kappa shape index (κ1) is 15.4. The molecule has 2 aromatic rings. The number of aromatic nitrogens is 2. The minimum absolute atomic E-state index is 0.0165. The topological polar surface area (TPSA) is 101 Å². The number of sulfonamides is 1. The molecule has 0 saturated heterocycles. The second-order valence-electron chi connectivity index (χ2n) is 4.18. The summed E-state index contributed by atoms with van der Waals surface area (Å²) in [5.41, 5.74) is 0.981. The number of rotatable bonds is 6. The minimum atomic E-state index is -3.79. The molecule has 7 nitrogen and oxygen atoms in total. The first-order valence-electron chi connectivity index (χ1n) is 6.11. The van der Waals surface area contributed by atoms with Gasteiger partial charge in [0.25, 0.3) is 0 Å². The molecule has 0 aliphatic heterocycles. The van der Waals surface area contributed by atoms with Crippen molar-refractivity contribution in [3.05, 3.63) is 47.8 Å². The van der Waals surface area contributed by atoms with Gasteiger partial charge in [-0.25, -0.2) is 13.1 Å². The molecule has 0 aliphatic carbocycles. The maximum atomic E-state index is 12.3. The molecule has 2 rings (SSSR count). The third kappa shape index (κ3) is 3.75. The van der Waals surface area contributed by atoms with Gasteiger partial charge < -0.3 is 9.84 Å². The van der Waals surface area contributed by atoms with Crippen LogP contribution in [0.4, 0.5) is 0 Å². The molecular weight excluding hydrogens is 294 g/mol. The molecule has 0 unspecified atom stereocenters. The molecule has 112 valence electrons. The average molecular weight is 309 g/mol. The van der Waals surface area contributed by atoms with Gasteiger partial charge in [-0.1, -0.05) is 6.07 Å². The quantitative estimate of drug-likeness (QED) is 0.803. The van der Waals surface area contributed by atoms with Crippen LogP contribution in [0.2, 0.25) is 0 Å². The number of benzene rings is 1. The molecule has 21 heavy (non-hydrogen) atoms. The van der Waals surface area contributed by atoms with Gasteiger partial charge in [0.05, 0.1) is 26.0 Å². The van der Waals surface area contributed by atoms with Crippen LogP contribution in [-0.4, -0.2) is 30.8 Å². The molecule has 0 spiro atoms. The molecule has 1 heterocycles. The number of aliphatic hydroxyl groups excluding tert-OH is 1. The van der Waals surface area contributed by atoms with E-state index in [-0.39, 0.29) is 23.8 Å². The predicted molar refractivity (Wildman–Crippen MR) is 75.0 cm³/mol. The molecule has 1 aromatic carbocycles. The highest BCUT2D eigenvalue weighted by Gasteiger charge is 2.20. The van der Waals surface area contributed by atoms with Crippen molar-refractivity contribution in [3.63, 3.8) is 0 Å². The van der Waals surface area contributed by atoms with Crippen LogP contribution in [-0.2, 0) is 23.2 Å². The van der Waals surface area contributed by atoms with Crippen molar-refractivity contribution in [2.75, 3.05) is 7.11 Å². The van der Waals surface area contributed by atoms with E-state index in [0.29, 0.717) is 11.3 Å². The molecule has 1 aromatic heterocycles. The van der Waals surface area contributed by atoms with Crippen molar-refractivity contribution in [3.8, 4) is 5.75 Å². The Bertz CT molecular complexity index is 705. The second-order valence-corrected chi connectivity index (χ2v) is 5.92. The van der Waals surface area contributed by atoms with Crippen LogP contribution in [0.5, 0.6) is 5.75 Å². The SMILES string of the molecule is COc1ccc(CO)cc1S(=O)(=O)NCc1cccnn1. The summed E-state index contributed by atoms with van der Waals surface area (Å²) in [6.07, 6.45) is 1.51. The van der Waals surface area contributed by atoms with Gasteiger partial charge in [0.2, 0.25) is 10.0 Å². The van der Waals surface area contributed by atoms with Crippen molar-refractivity contribution in [1.29, 1.82) is 0 Å². The van der Waals surface area contributed by atoms with Crippen LogP contribution >= 0.6 is 0 Å². The summed E-state index contributed by atoms with van der Waals surface area (Å²) < 4.78 is 32.1. The molecule has 0 fully saturated rings. The van der Waals surface area contributed by atoms with Crippen LogP contribution in [0, 0.1) is 0 Å². The number of methoxy groups -OCH3 is 1. The molecule has 0 saturated carbocycles. The van der Waals surface area contributed by atoms with Crippen molar-refractivity contribution in [2.45, 2.75) is 18.0 Å². The molecule has 0 radical (unpaired) electrons. The first-order chi connectivity index (χ1) is 10.1. The fourth-order valence-corrected chi connectivity index (χ4v) is 2.92. The fraction of sp³-hybridized carbons (Fsp3) is 0.231. The Morgan fingerprint density at radius 3 is 2.76 bits per heavy atom. The van der Waals surface area contributed by atoms with Crippen LogP contribution in [0.3, 0.4) is 0 Å². The van der Waals surface area contributed by atoms with Gasteiger partial charge in [0, 0.05) is 6.20 Å². The first-order valence-corrected chi connectivity index (χ1v) is 7.59. The van der Waals surface area contributed by atoms with Crippen LogP contribution in [0.15, 0.2) is 41.4 Å². The molecule has 0 aliphatic rings. The summed E-state index contributed by atoms with van der Waals surface area (Å²) in [5.74, 6) is 0.207. The lowest BCUT2D eigenvalue weighted by molar-refractivity contribution is 0.281. The normalized spacial score (nSPS) is 11.3. The van der Waals surface area contributed by atoms with Gasteiger partial charge in [-0.05, 0) is 29.8 Å². The summed E-state index contributed by atoms with van der Waals surface area (Å²) >= 11 is 0. The van der Waals surface area contributed by atoms with E-state index in [9.17, 15) is 8.42 Å². The summed E-state index contributed by atoms with van der Waals surface area (Å²) in [5, 5.41) is 16.6. The summed E-state index contributed by atoms with van der Waals surface area (Å²) in [4.78, 5) is -0.0274. The Labute approximate surface area is 122 Å². The Balaban J connectivity index is 2.26. The lowest BCUT2D eigenvalue weighted by atomic mass is 10.2. The van der Waals surface area contributed by atoms with E-state index in [1.165, 1.54) is 25.4 Å². The Hall–Kier alpha value is -2.03. The van der Waals surface area contributed by atoms with Crippen LogP contribution in [0.25, 0.3) is 0 Å². The van der Waals surface area contributed by atoms with E-state index < -0.39 is 10.0 Å². The van der Waals surface area contributed by atoms with Gasteiger partial charge in [-0.2, -0.15) is 10.2 Å². The van der Waals surface area contributed by atoms with E-state index in [0.717, 1.165) is 0 Å². The maximum absolute atomic E-state index is 12.3. The summed E-state index contributed by atoms with van der Waals surface area (Å²) in [7, 11) is -2.40. The van der Waals surface area contributed by atoms with Crippen LogP contribution in [0.1, 0.15) is 11.3 Å². The van der Waals surface area contributed by atoms with Crippen molar-refractivity contribution >= 4 is 10.0 Å². The van der Waals surface area contributed by atoms with Gasteiger partial charge in [-0.3, -0.25) is 0 Å². The lowest BCUT2D eigenvalue weighted by Gasteiger charge is -2.11. The molecule has 0 bridgehead atoms. The zero-order valence-corrected chi connectivity index (χ0v) is 12.2. The van der Waals surface area contributed by atoms with E-state index in [2.05, 4.69) is 14.9 Å². The smallest absolute Gasteiger partial charge is 0.244 e. The van der Waals surface area contributed by atoms with Gasteiger partial charge >= 0.3 is 0 Å². The number of ether oxygens (including phenoxy) is 1. The third-order valence-electron chi connectivity index (χ3n) is 2.77. The molecule has 0 amide bonds. The van der Waals surface area contributed by atoms with Gasteiger partial charge in [0.15, 0.2) is 0 Å². The Kier molecular flexibility index (Phi) is 4.84. The zero-order valence-electron chi connectivity index (χ0n) is 11.4. The maximum Gasteiger partial charge on any atom is 0.244 e. The van der Waals surface area contributed by atoms with Crippen molar-refractivity contribution in [2.24, 2.45) is 0 Å². The number of aliphatic hydroxyl groups is 1. The largest absolute Gasteiger partial charge is 0.495 e. The third-order valence-corrected chi connectivity index (χ3v) is 4.19. The minimum Gasteiger partial charge on any atom is -0.495 e. The molecular formula is C13H15N3O4S. The summed E-state index contributed by atoms with van der Waals surface area (Å²) in [6.45, 7) is -0.237. The lowest BCUT2D eigenvalue weighted by Crippen LogP contribution is -2.24. The monoisotopic (exact) mass is 309 g/mol. The number of nitrogens with one attached hydrogen (secondary N) is 1. The number of nitrogens with zero attached hydrogens (tertiary/aromatic N) is 2. The average Bonchev–Trinajstić information content (AvgIpc) is 2.53. The zero-order chi connectivity index (χ0) is 15.3. The Morgan fingerprint density at radius 2 is 2.14 bits per heavy atom. The van der Waals surface area contributed by atoms with Gasteiger partial charge in [0.1, 0.15) is 10.6 Å². The van der Waals surface area contributed by atoms with Crippen molar-refractivity contribution < 1.29 is 18.3 Å². The number of hydrogen-bond acceptors (Lipinski definition) is 6. The molecule has 2 N–H and O–H groups in total. The predicted octanol–water partition coefficient (Wildman–Crippen LogP) is 0.456. The summed E-state index contributed by atoms with van der Waals surface area (Å²) in [6, 6.07) is 7.81. The highest BCUT2D eigenvalue weighted by Crippen LogP contribution is 2.24. The molecule has 8 heteroatoms. The fourth-order valence-electron chi connectivity index (χ4n) is 1.70. The Morgan fingerprint density at radius 1 is 1.33 bits per heavy atom. The van der Waals surface area contributed by atoms with E-state index in [4.69, 9.17) is 9.84 Å². The van der Waals surface area contributed by atoms with Crippen LogP contribution < -0.4 is 9.46 Å². The van der Waals surface area contributed by atoms with E-state index in [1.54, 1.807) is 18.2 Å². The highest BCUT2D eigenvalue weighted by atomic mass is 32.2. The number of hydrogen-bond donors (Lipinski definition) is 2. The van der Waals surface area contributed by atoms with Crippen molar-refractivity contribution in [1.82, 2.24) is 14.9 Å². The highest BCUT2D eigenvalue weighted by molar-refractivity contribution is 7.89. The van der Waals surface area contributed by atoms with E-state index in [1.807, 2.05) is 0 Å². The second kappa shape index (κ2) is 6.61. The van der Waals surface area contributed by atoms with Gasteiger partial charge in [-0.15, -0.1) is 0 Å². The van der Waals surface area contributed by atoms with E-state index >= 15 is 0 Å². The molecule has 0 atom stereocenters.